The highest BCUT2D eigenvalue weighted by atomic mass is 79.9. The average Bonchev–Trinajstić information content (AvgIpc) is 2.54. The summed E-state index contributed by atoms with van der Waals surface area (Å²) in [5.41, 5.74) is 5.39. The smallest absolute Gasteiger partial charge is 0.106 e. The van der Waals surface area contributed by atoms with Gasteiger partial charge in [-0.05, 0) is 45.1 Å². The van der Waals surface area contributed by atoms with Crippen molar-refractivity contribution in [3.63, 3.8) is 0 Å². The van der Waals surface area contributed by atoms with Crippen molar-refractivity contribution >= 4 is 15.9 Å². The minimum atomic E-state index is 0.920. The molecule has 1 aromatic heterocycles. The normalized spacial score (nSPS) is 12.4. The fourth-order valence-corrected chi connectivity index (χ4v) is 2.38. The molecule has 0 amide bonds. The lowest BCUT2D eigenvalue weighted by atomic mass is 10.1. The number of benzene rings is 1. The van der Waals surface area contributed by atoms with E-state index in [1.165, 1.54) is 22.3 Å². The fraction of sp³-hybridized carbons (Fsp3) is 0.0833. The second-order valence-electron chi connectivity index (χ2n) is 3.50. The molecule has 0 aliphatic heterocycles. The topological polar surface area (TPSA) is 12.9 Å². The Morgan fingerprint density at radius 2 is 1.93 bits per heavy atom. The molecule has 1 nitrogen and oxygen atoms in total. The lowest BCUT2D eigenvalue weighted by Crippen LogP contribution is -1.82. The van der Waals surface area contributed by atoms with Gasteiger partial charge in [0.2, 0.25) is 0 Å². The van der Waals surface area contributed by atoms with E-state index in [4.69, 9.17) is 0 Å². The first-order valence-electron chi connectivity index (χ1n) is 4.57. The third kappa shape index (κ3) is 1.11. The van der Waals surface area contributed by atoms with Gasteiger partial charge >= 0.3 is 0 Å². The zero-order chi connectivity index (χ0) is 9.54. The Bertz CT molecular complexity index is 505. The summed E-state index contributed by atoms with van der Waals surface area (Å²) in [5.74, 6) is 0. The van der Waals surface area contributed by atoms with E-state index in [0.29, 0.717) is 0 Å². The van der Waals surface area contributed by atoms with E-state index in [9.17, 15) is 0 Å². The summed E-state index contributed by atoms with van der Waals surface area (Å²) in [6, 6.07) is 10.6. The molecule has 0 saturated heterocycles. The molecule has 1 aliphatic rings. The first-order chi connectivity index (χ1) is 6.84. The Labute approximate surface area is 90.9 Å². The van der Waals surface area contributed by atoms with E-state index in [-0.39, 0.29) is 0 Å². The SMILES string of the molecule is Brc1cc2c(cn1)-c1ccccc1C2. The first kappa shape index (κ1) is 8.18. The zero-order valence-corrected chi connectivity index (χ0v) is 9.08. The standard InChI is InChI=1S/C12H8BrN/c13-12-6-9-5-8-3-1-2-4-10(8)11(9)7-14-12/h1-4,6-7H,5H2. The maximum atomic E-state index is 4.27. The molecule has 3 rings (SSSR count). The van der Waals surface area contributed by atoms with Crippen LogP contribution in [0, 0.1) is 0 Å². The van der Waals surface area contributed by atoms with Gasteiger partial charge in [0.15, 0.2) is 0 Å². The molecule has 0 saturated carbocycles. The molecule has 1 aromatic carbocycles. The van der Waals surface area contributed by atoms with Crippen molar-refractivity contribution in [2.45, 2.75) is 6.42 Å². The quantitative estimate of drug-likeness (QED) is 0.554. The van der Waals surface area contributed by atoms with Gasteiger partial charge in [0.05, 0.1) is 0 Å². The van der Waals surface area contributed by atoms with Gasteiger partial charge in [-0.1, -0.05) is 24.3 Å². The van der Waals surface area contributed by atoms with Crippen LogP contribution in [-0.4, -0.2) is 4.98 Å². The van der Waals surface area contributed by atoms with Gasteiger partial charge in [-0.2, -0.15) is 0 Å². The summed E-state index contributed by atoms with van der Waals surface area (Å²) < 4.78 is 0.920. The molecule has 0 unspecified atom stereocenters. The van der Waals surface area contributed by atoms with Crippen LogP contribution in [0.25, 0.3) is 11.1 Å². The largest absolute Gasteiger partial charge is 0.249 e. The molecule has 0 bridgehead atoms. The van der Waals surface area contributed by atoms with E-state index in [1.54, 1.807) is 0 Å². The van der Waals surface area contributed by atoms with Crippen molar-refractivity contribution in [2.24, 2.45) is 0 Å². The van der Waals surface area contributed by atoms with Crippen molar-refractivity contribution in [2.75, 3.05) is 0 Å². The third-order valence-electron chi connectivity index (χ3n) is 2.64. The molecule has 0 radical (unpaired) electrons. The number of nitrogens with zero attached hydrogens (tertiary/aromatic N) is 1. The Balaban J connectivity index is 2.27. The number of rotatable bonds is 0. The first-order valence-corrected chi connectivity index (χ1v) is 5.36. The predicted octanol–water partition coefficient (Wildman–Crippen LogP) is 3.42. The van der Waals surface area contributed by atoms with Gasteiger partial charge in [-0.3, -0.25) is 0 Å². The Kier molecular flexibility index (Phi) is 1.71. The molecular weight excluding hydrogens is 238 g/mol. The number of halogens is 1. The molecule has 68 valence electrons. The predicted molar refractivity (Wildman–Crippen MR) is 60.2 cm³/mol. The summed E-state index contributed by atoms with van der Waals surface area (Å²) in [7, 11) is 0. The van der Waals surface area contributed by atoms with Crippen LogP contribution >= 0.6 is 15.9 Å². The van der Waals surface area contributed by atoms with Crippen LogP contribution in [0.5, 0.6) is 0 Å². The van der Waals surface area contributed by atoms with Crippen LogP contribution in [0.2, 0.25) is 0 Å². The number of fused-ring (bicyclic) bond motifs is 3. The van der Waals surface area contributed by atoms with E-state index >= 15 is 0 Å². The molecule has 2 aromatic rings. The van der Waals surface area contributed by atoms with Gasteiger partial charge in [0, 0.05) is 11.8 Å². The molecule has 0 spiro atoms. The van der Waals surface area contributed by atoms with E-state index < -0.39 is 0 Å². The second kappa shape index (κ2) is 2.92. The number of pyridine rings is 1. The van der Waals surface area contributed by atoms with Crippen molar-refractivity contribution in [3.8, 4) is 11.1 Å². The zero-order valence-electron chi connectivity index (χ0n) is 7.50. The minimum absolute atomic E-state index is 0.920. The molecule has 1 aliphatic carbocycles. The van der Waals surface area contributed by atoms with Crippen LogP contribution in [0.1, 0.15) is 11.1 Å². The molecule has 0 atom stereocenters. The minimum Gasteiger partial charge on any atom is -0.249 e. The molecule has 2 heteroatoms. The van der Waals surface area contributed by atoms with Gasteiger partial charge < -0.3 is 0 Å². The van der Waals surface area contributed by atoms with Crippen LogP contribution in [0.3, 0.4) is 0 Å². The maximum absolute atomic E-state index is 4.27. The number of hydrogen-bond acceptors (Lipinski definition) is 1. The summed E-state index contributed by atoms with van der Waals surface area (Å²) >= 11 is 3.40. The summed E-state index contributed by atoms with van der Waals surface area (Å²) in [4.78, 5) is 4.27. The van der Waals surface area contributed by atoms with E-state index in [2.05, 4.69) is 51.2 Å². The lowest BCUT2D eigenvalue weighted by Gasteiger charge is -1.99. The van der Waals surface area contributed by atoms with E-state index in [0.717, 1.165) is 11.0 Å². The molecular formula is C12H8BrN. The van der Waals surface area contributed by atoms with Gasteiger partial charge in [-0.15, -0.1) is 0 Å². The second-order valence-corrected chi connectivity index (χ2v) is 4.31. The van der Waals surface area contributed by atoms with Crippen molar-refractivity contribution in [3.05, 3.63) is 52.3 Å². The molecule has 14 heavy (non-hydrogen) atoms. The molecule has 1 heterocycles. The molecule has 0 fully saturated rings. The third-order valence-corrected chi connectivity index (χ3v) is 3.08. The van der Waals surface area contributed by atoms with Gasteiger partial charge in [0.25, 0.3) is 0 Å². The number of hydrogen-bond donors (Lipinski definition) is 0. The highest BCUT2D eigenvalue weighted by Gasteiger charge is 2.17. The Morgan fingerprint density at radius 1 is 1.07 bits per heavy atom. The van der Waals surface area contributed by atoms with Crippen molar-refractivity contribution < 1.29 is 0 Å². The Morgan fingerprint density at radius 3 is 2.86 bits per heavy atom. The fourth-order valence-electron chi connectivity index (χ4n) is 2.00. The number of aromatic nitrogens is 1. The summed E-state index contributed by atoms with van der Waals surface area (Å²) in [6.07, 6.45) is 2.98. The summed E-state index contributed by atoms with van der Waals surface area (Å²) in [5, 5.41) is 0. The van der Waals surface area contributed by atoms with Gasteiger partial charge in [-0.25, -0.2) is 4.98 Å². The summed E-state index contributed by atoms with van der Waals surface area (Å²) in [6.45, 7) is 0. The van der Waals surface area contributed by atoms with Crippen LogP contribution in [0.4, 0.5) is 0 Å². The van der Waals surface area contributed by atoms with Gasteiger partial charge in [0.1, 0.15) is 4.60 Å². The van der Waals surface area contributed by atoms with Crippen LogP contribution in [-0.2, 0) is 6.42 Å². The van der Waals surface area contributed by atoms with Crippen molar-refractivity contribution in [1.29, 1.82) is 0 Å². The van der Waals surface area contributed by atoms with Crippen molar-refractivity contribution in [1.82, 2.24) is 4.98 Å². The highest BCUT2D eigenvalue weighted by molar-refractivity contribution is 9.10. The van der Waals surface area contributed by atoms with E-state index in [1.807, 2.05) is 6.20 Å². The monoisotopic (exact) mass is 245 g/mol. The highest BCUT2D eigenvalue weighted by Crippen LogP contribution is 2.36. The van der Waals surface area contributed by atoms with Crippen LogP contribution < -0.4 is 0 Å². The molecule has 0 N–H and O–H groups in total. The lowest BCUT2D eigenvalue weighted by molar-refractivity contribution is 1.20. The Hall–Kier alpha value is -1.15. The maximum Gasteiger partial charge on any atom is 0.106 e. The van der Waals surface area contributed by atoms with Crippen LogP contribution in [0.15, 0.2) is 41.1 Å². The average molecular weight is 246 g/mol.